The van der Waals surface area contributed by atoms with Crippen LogP contribution in [0.15, 0.2) is 53.0 Å². The number of hydrogen-bond donors (Lipinski definition) is 1. The summed E-state index contributed by atoms with van der Waals surface area (Å²) < 4.78 is 5.51. The first-order valence-corrected chi connectivity index (χ1v) is 7.90. The zero-order valence-corrected chi connectivity index (χ0v) is 14.4. The summed E-state index contributed by atoms with van der Waals surface area (Å²) in [5.41, 5.74) is 2.03. The van der Waals surface area contributed by atoms with Crippen LogP contribution >= 0.6 is 15.9 Å². The number of carbonyl (C=O) groups is 2. The van der Waals surface area contributed by atoms with Crippen molar-refractivity contribution in [3.63, 3.8) is 0 Å². The van der Waals surface area contributed by atoms with Crippen LogP contribution in [0.5, 0.6) is 0 Å². The van der Waals surface area contributed by atoms with Crippen LogP contribution in [-0.4, -0.2) is 24.2 Å². The summed E-state index contributed by atoms with van der Waals surface area (Å²) in [5.74, 6) is -2.21. The maximum Gasteiger partial charge on any atom is 0.337 e. The Morgan fingerprint density at radius 1 is 1.09 bits per heavy atom. The lowest BCUT2D eigenvalue weighted by atomic mass is 9.82. The van der Waals surface area contributed by atoms with E-state index >= 15 is 0 Å². The second kappa shape index (κ2) is 7.42. The minimum atomic E-state index is -0.882. The van der Waals surface area contributed by atoms with Crippen LogP contribution in [0.25, 0.3) is 0 Å². The van der Waals surface area contributed by atoms with Gasteiger partial charge in [0.15, 0.2) is 0 Å². The predicted octanol–water partition coefficient (Wildman–Crippen LogP) is 4.21. The van der Waals surface area contributed by atoms with E-state index in [1.54, 1.807) is 24.3 Å². The Balaban J connectivity index is 2.33. The average Bonchev–Trinajstić information content (AvgIpc) is 2.54. The van der Waals surface area contributed by atoms with Crippen LogP contribution in [0.4, 0.5) is 0 Å². The van der Waals surface area contributed by atoms with Gasteiger partial charge in [-0.05, 0) is 41.3 Å². The molecule has 23 heavy (non-hydrogen) atoms. The quantitative estimate of drug-likeness (QED) is 0.793. The van der Waals surface area contributed by atoms with E-state index in [4.69, 9.17) is 0 Å². The number of rotatable bonds is 5. The Labute approximate surface area is 143 Å². The minimum Gasteiger partial charge on any atom is -0.481 e. The van der Waals surface area contributed by atoms with Crippen molar-refractivity contribution in [1.82, 2.24) is 0 Å². The first-order valence-electron chi connectivity index (χ1n) is 7.10. The van der Waals surface area contributed by atoms with Crippen molar-refractivity contribution in [2.24, 2.45) is 0 Å². The lowest BCUT2D eigenvalue weighted by Gasteiger charge is -2.21. The third-order valence-corrected chi connectivity index (χ3v) is 4.32. The van der Waals surface area contributed by atoms with E-state index in [2.05, 4.69) is 20.7 Å². The number of methoxy groups -OCH3 is 1. The van der Waals surface area contributed by atoms with Gasteiger partial charge in [-0.3, -0.25) is 4.79 Å². The lowest BCUT2D eigenvalue weighted by molar-refractivity contribution is -0.139. The minimum absolute atomic E-state index is 0.242. The van der Waals surface area contributed by atoms with Crippen LogP contribution < -0.4 is 0 Å². The molecule has 2 atom stereocenters. The maximum atomic E-state index is 11.8. The van der Waals surface area contributed by atoms with Gasteiger partial charge in [0.1, 0.15) is 0 Å². The first-order chi connectivity index (χ1) is 10.9. The average molecular weight is 377 g/mol. The van der Waals surface area contributed by atoms with E-state index in [0.29, 0.717) is 5.56 Å². The zero-order chi connectivity index (χ0) is 17.0. The number of benzene rings is 2. The molecule has 4 nitrogen and oxygen atoms in total. The fraction of sp³-hybridized carbons (Fsp3) is 0.222. The Morgan fingerprint density at radius 3 is 2.26 bits per heavy atom. The lowest BCUT2D eigenvalue weighted by Crippen LogP contribution is -2.18. The highest BCUT2D eigenvalue weighted by Crippen LogP contribution is 2.34. The summed E-state index contributed by atoms with van der Waals surface area (Å²) in [6.07, 6.45) is 0. The van der Waals surface area contributed by atoms with Crippen LogP contribution in [0.1, 0.15) is 40.2 Å². The molecule has 0 spiro atoms. The van der Waals surface area contributed by atoms with E-state index < -0.39 is 17.9 Å². The van der Waals surface area contributed by atoms with Gasteiger partial charge >= 0.3 is 11.9 Å². The Hall–Kier alpha value is -2.14. The normalized spacial score (nSPS) is 13.2. The van der Waals surface area contributed by atoms with Crippen molar-refractivity contribution in [1.29, 1.82) is 0 Å². The van der Waals surface area contributed by atoms with Gasteiger partial charge in [-0.2, -0.15) is 0 Å². The standard InChI is InChI=1S/C18H17BrO4/c1-11(12-6-8-13(9-7-12)18(22)23-2)16(17(20)21)14-4-3-5-15(19)10-14/h3-11,16H,1-2H3,(H,20,21). The van der Waals surface area contributed by atoms with Crippen LogP contribution in [0.3, 0.4) is 0 Å². The van der Waals surface area contributed by atoms with Crippen molar-refractivity contribution in [3.8, 4) is 0 Å². The monoisotopic (exact) mass is 376 g/mol. The highest BCUT2D eigenvalue weighted by molar-refractivity contribution is 9.10. The maximum absolute atomic E-state index is 11.8. The molecule has 0 saturated carbocycles. The summed E-state index contributed by atoms with van der Waals surface area (Å²) >= 11 is 3.37. The molecule has 2 rings (SSSR count). The molecule has 0 aromatic heterocycles. The van der Waals surface area contributed by atoms with Crippen molar-refractivity contribution < 1.29 is 19.4 Å². The Morgan fingerprint density at radius 2 is 1.74 bits per heavy atom. The molecule has 0 radical (unpaired) electrons. The van der Waals surface area contributed by atoms with E-state index in [-0.39, 0.29) is 5.92 Å². The van der Waals surface area contributed by atoms with Gasteiger partial charge in [-0.1, -0.05) is 47.1 Å². The van der Waals surface area contributed by atoms with Gasteiger partial charge in [0, 0.05) is 4.47 Å². The molecule has 0 saturated heterocycles. The van der Waals surface area contributed by atoms with Gasteiger partial charge in [0.2, 0.25) is 0 Å². The second-order valence-corrected chi connectivity index (χ2v) is 6.19. The van der Waals surface area contributed by atoms with Crippen LogP contribution in [0.2, 0.25) is 0 Å². The smallest absolute Gasteiger partial charge is 0.337 e. The van der Waals surface area contributed by atoms with Gasteiger partial charge in [-0.15, -0.1) is 0 Å². The Kier molecular flexibility index (Phi) is 5.55. The topological polar surface area (TPSA) is 63.6 Å². The highest BCUT2D eigenvalue weighted by atomic mass is 79.9. The predicted molar refractivity (Wildman–Crippen MR) is 90.7 cm³/mol. The van der Waals surface area contributed by atoms with E-state index in [0.717, 1.165) is 15.6 Å². The van der Waals surface area contributed by atoms with Gasteiger partial charge in [0.25, 0.3) is 0 Å². The summed E-state index contributed by atoms with van der Waals surface area (Å²) in [6.45, 7) is 1.87. The molecule has 2 aromatic carbocycles. The molecule has 0 aliphatic rings. The van der Waals surface area contributed by atoms with Gasteiger partial charge in [-0.25, -0.2) is 4.79 Å². The number of esters is 1. The third-order valence-electron chi connectivity index (χ3n) is 3.83. The molecular weight excluding hydrogens is 360 g/mol. The zero-order valence-electron chi connectivity index (χ0n) is 12.8. The molecule has 1 N–H and O–H groups in total. The second-order valence-electron chi connectivity index (χ2n) is 5.27. The summed E-state index contributed by atoms with van der Waals surface area (Å²) in [6, 6.07) is 14.1. The molecule has 0 fully saturated rings. The number of carboxylic acids is 1. The summed E-state index contributed by atoms with van der Waals surface area (Å²) in [7, 11) is 1.33. The number of carboxylic acid groups (broad SMARTS) is 1. The van der Waals surface area contributed by atoms with E-state index in [1.165, 1.54) is 7.11 Å². The molecule has 2 unspecified atom stereocenters. The fourth-order valence-electron chi connectivity index (χ4n) is 2.58. The molecule has 120 valence electrons. The van der Waals surface area contributed by atoms with Gasteiger partial charge < -0.3 is 9.84 Å². The van der Waals surface area contributed by atoms with Crippen LogP contribution in [0, 0.1) is 0 Å². The Bertz CT molecular complexity index is 709. The molecule has 0 aliphatic carbocycles. The van der Waals surface area contributed by atoms with Crippen molar-refractivity contribution >= 4 is 27.9 Å². The highest BCUT2D eigenvalue weighted by Gasteiger charge is 2.28. The van der Waals surface area contributed by atoms with Crippen molar-refractivity contribution in [3.05, 3.63) is 69.7 Å². The number of halogens is 1. The van der Waals surface area contributed by atoms with Crippen molar-refractivity contribution in [2.45, 2.75) is 18.8 Å². The fourth-order valence-corrected chi connectivity index (χ4v) is 3.00. The first kappa shape index (κ1) is 17.2. The number of carbonyl (C=O) groups excluding carboxylic acids is 1. The van der Waals surface area contributed by atoms with E-state index in [9.17, 15) is 14.7 Å². The molecule has 2 aromatic rings. The van der Waals surface area contributed by atoms with Crippen LogP contribution in [-0.2, 0) is 9.53 Å². The molecular formula is C18H17BrO4. The third kappa shape index (κ3) is 3.99. The molecule has 5 heteroatoms. The number of ether oxygens (including phenoxy) is 1. The largest absolute Gasteiger partial charge is 0.481 e. The number of aliphatic carboxylic acids is 1. The molecule has 0 heterocycles. The summed E-state index contributed by atoms with van der Waals surface area (Å²) in [4.78, 5) is 23.2. The number of hydrogen-bond acceptors (Lipinski definition) is 3. The molecule has 0 amide bonds. The van der Waals surface area contributed by atoms with E-state index in [1.807, 2.05) is 31.2 Å². The van der Waals surface area contributed by atoms with Crippen molar-refractivity contribution in [2.75, 3.05) is 7.11 Å². The van der Waals surface area contributed by atoms with Gasteiger partial charge in [0.05, 0.1) is 18.6 Å². The summed E-state index contributed by atoms with van der Waals surface area (Å²) in [5, 5.41) is 9.64. The molecule has 0 aliphatic heterocycles. The SMILES string of the molecule is COC(=O)c1ccc(C(C)C(C(=O)O)c2cccc(Br)c2)cc1. The molecule has 0 bridgehead atoms.